The Bertz CT molecular complexity index is 754. The van der Waals surface area contributed by atoms with Crippen molar-refractivity contribution in [3.05, 3.63) is 41.7 Å². The summed E-state index contributed by atoms with van der Waals surface area (Å²) in [4.78, 5) is 19.1. The molecule has 2 N–H and O–H groups in total. The summed E-state index contributed by atoms with van der Waals surface area (Å²) >= 11 is 0. The highest BCUT2D eigenvalue weighted by Crippen LogP contribution is 2.19. The van der Waals surface area contributed by atoms with E-state index < -0.39 is 5.82 Å². The number of aromatic nitrogens is 3. The molecule has 0 atom stereocenters. The lowest BCUT2D eigenvalue weighted by molar-refractivity contribution is 0.0937. The van der Waals surface area contributed by atoms with Crippen molar-refractivity contribution in [2.45, 2.75) is 19.8 Å². The fourth-order valence-corrected chi connectivity index (χ4v) is 2.94. The first-order valence-corrected chi connectivity index (χ1v) is 8.99. The Balaban J connectivity index is 1.70. The van der Waals surface area contributed by atoms with Crippen molar-refractivity contribution in [3.63, 3.8) is 0 Å². The zero-order valence-electron chi connectivity index (χ0n) is 15.2. The monoisotopic (exact) mass is 360 g/mol. The van der Waals surface area contributed by atoms with E-state index >= 15 is 0 Å². The van der Waals surface area contributed by atoms with Crippen LogP contribution < -0.4 is 10.6 Å². The highest BCUT2D eigenvalue weighted by Gasteiger charge is 2.21. The van der Waals surface area contributed by atoms with Crippen molar-refractivity contribution in [1.82, 2.24) is 30.3 Å². The minimum atomic E-state index is -0.398. The SMILES string of the molecule is CC(C)c1nc(C(=O)NCCN2CCNCC2)nn1-c1ccccc1F. The van der Waals surface area contributed by atoms with Gasteiger partial charge in [0.1, 0.15) is 17.3 Å². The molecule has 0 bridgehead atoms. The molecule has 140 valence electrons. The number of nitrogens with one attached hydrogen (secondary N) is 2. The van der Waals surface area contributed by atoms with Gasteiger partial charge in [-0.1, -0.05) is 26.0 Å². The van der Waals surface area contributed by atoms with Gasteiger partial charge in [-0.05, 0) is 12.1 Å². The molecule has 1 aromatic carbocycles. The molecule has 1 aromatic heterocycles. The highest BCUT2D eigenvalue weighted by atomic mass is 19.1. The van der Waals surface area contributed by atoms with Crippen LogP contribution >= 0.6 is 0 Å². The number of amides is 1. The number of hydrogen-bond donors (Lipinski definition) is 2. The number of para-hydroxylation sites is 1. The molecule has 1 aliphatic heterocycles. The molecule has 1 aliphatic rings. The van der Waals surface area contributed by atoms with Gasteiger partial charge in [-0.3, -0.25) is 9.69 Å². The van der Waals surface area contributed by atoms with Gasteiger partial charge in [-0.25, -0.2) is 14.1 Å². The third-order valence-corrected chi connectivity index (χ3v) is 4.36. The van der Waals surface area contributed by atoms with Gasteiger partial charge in [0.05, 0.1) is 0 Å². The summed E-state index contributed by atoms with van der Waals surface area (Å²) < 4.78 is 15.6. The second-order valence-corrected chi connectivity index (χ2v) is 6.66. The van der Waals surface area contributed by atoms with Crippen LogP contribution in [-0.4, -0.2) is 64.8 Å². The smallest absolute Gasteiger partial charge is 0.291 e. The van der Waals surface area contributed by atoms with Gasteiger partial charge in [0.15, 0.2) is 0 Å². The number of carbonyl (C=O) groups excluding carboxylic acids is 1. The van der Waals surface area contributed by atoms with Crippen LogP contribution in [0.4, 0.5) is 4.39 Å². The lowest BCUT2D eigenvalue weighted by Crippen LogP contribution is -2.46. The van der Waals surface area contributed by atoms with Crippen LogP contribution in [0.25, 0.3) is 5.69 Å². The van der Waals surface area contributed by atoms with Crippen molar-refractivity contribution in [2.75, 3.05) is 39.3 Å². The first-order chi connectivity index (χ1) is 12.6. The van der Waals surface area contributed by atoms with E-state index in [2.05, 4.69) is 25.6 Å². The molecule has 1 saturated heterocycles. The molecular weight excluding hydrogens is 335 g/mol. The molecule has 0 unspecified atom stereocenters. The summed E-state index contributed by atoms with van der Waals surface area (Å²) in [5.41, 5.74) is 0.295. The second-order valence-electron chi connectivity index (χ2n) is 6.66. The fraction of sp³-hybridized carbons (Fsp3) is 0.500. The van der Waals surface area contributed by atoms with E-state index in [0.717, 1.165) is 32.7 Å². The summed E-state index contributed by atoms with van der Waals surface area (Å²) in [7, 11) is 0. The number of hydrogen-bond acceptors (Lipinski definition) is 5. The van der Waals surface area contributed by atoms with E-state index in [1.54, 1.807) is 18.2 Å². The molecule has 1 amide bonds. The number of benzene rings is 1. The quantitative estimate of drug-likeness (QED) is 0.809. The number of nitrogens with zero attached hydrogens (tertiary/aromatic N) is 4. The Morgan fingerprint density at radius 1 is 1.31 bits per heavy atom. The fourth-order valence-electron chi connectivity index (χ4n) is 2.94. The average Bonchev–Trinajstić information content (AvgIpc) is 3.08. The molecule has 0 spiro atoms. The number of halogens is 1. The van der Waals surface area contributed by atoms with E-state index in [4.69, 9.17) is 0 Å². The molecule has 1 fully saturated rings. The van der Waals surface area contributed by atoms with Crippen LogP contribution in [0.3, 0.4) is 0 Å². The van der Waals surface area contributed by atoms with E-state index in [1.165, 1.54) is 10.7 Å². The molecule has 0 radical (unpaired) electrons. The molecule has 26 heavy (non-hydrogen) atoms. The van der Waals surface area contributed by atoms with Gasteiger partial charge in [0.25, 0.3) is 5.91 Å². The van der Waals surface area contributed by atoms with Crippen LogP contribution in [0.5, 0.6) is 0 Å². The first kappa shape index (κ1) is 18.5. The minimum Gasteiger partial charge on any atom is -0.348 e. The van der Waals surface area contributed by atoms with Crippen LogP contribution in [-0.2, 0) is 0 Å². The average molecular weight is 360 g/mol. The standard InChI is InChI=1S/C18H25FN6O/c1-13(2)17-22-16(23-25(17)15-6-4-3-5-14(15)19)18(26)21-9-12-24-10-7-20-8-11-24/h3-6,13,20H,7-12H2,1-2H3,(H,21,26). The Labute approximate surface area is 152 Å². The molecule has 0 aliphatic carbocycles. The number of carbonyl (C=O) groups is 1. The van der Waals surface area contributed by atoms with Crippen molar-refractivity contribution >= 4 is 5.91 Å². The predicted molar refractivity (Wildman–Crippen MR) is 97.0 cm³/mol. The van der Waals surface area contributed by atoms with E-state index in [-0.39, 0.29) is 17.6 Å². The largest absolute Gasteiger partial charge is 0.348 e. The number of piperazine rings is 1. The van der Waals surface area contributed by atoms with Crippen LogP contribution in [0.1, 0.15) is 36.2 Å². The van der Waals surface area contributed by atoms with Gasteiger partial charge >= 0.3 is 0 Å². The topological polar surface area (TPSA) is 75.1 Å². The molecule has 0 saturated carbocycles. The summed E-state index contributed by atoms with van der Waals surface area (Å²) in [6.45, 7) is 9.10. The third kappa shape index (κ3) is 4.25. The second kappa shape index (κ2) is 8.37. The normalized spacial score (nSPS) is 15.4. The van der Waals surface area contributed by atoms with Crippen molar-refractivity contribution in [2.24, 2.45) is 0 Å². The van der Waals surface area contributed by atoms with E-state index in [1.807, 2.05) is 13.8 Å². The maximum atomic E-state index is 14.1. The summed E-state index contributed by atoms with van der Waals surface area (Å²) in [5, 5.41) is 10.4. The van der Waals surface area contributed by atoms with E-state index in [0.29, 0.717) is 18.1 Å². The van der Waals surface area contributed by atoms with Gasteiger partial charge in [-0.15, -0.1) is 5.10 Å². The maximum absolute atomic E-state index is 14.1. The zero-order chi connectivity index (χ0) is 18.5. The predicted octanol–water partition coefficient (Wildman–Crippen LogP) is 1.16. The van der Waals surface area contributed by atoms with Gasteiger partial charge in [0.2, 0.25) is 5.82 Å². The molecular formula is C18H25FN6O. The number of rotatable bonds is 6. The first-order valence-electron chi connectivity index (χ1n) is 8.99. The van der Waals surface area contributed by atoms with Crippen molar-refractivity contribution in [1.29, 1.82) is 0 Å². The zero-order valence-corrected chi connectivity index (χ0v) is 15.2. The van der Waals surface area contributed by atoms with Crippen LogP contribution in [0, 0.1) is 5.82 Å². The molecule has 8 heteroatoms. The summed E-state index contributed by atoms with van der Waals surface area (Å²) in [6.07, 6.45) is 0. The van der Waals surface area contributed by atoms with Gasteiger partial charge in [-0.2, -0.15) is 0 Å². The lowest BCUT2D eigenvalue weighted by atomic mass is 10.2. The maximum Gasteiger partial charge on any atom is 0.291 e. The Hall–Kier alpha value is -2.32. The Morgan fingerprint density at radius 3 is 2.73 bits per heavy atom. The lowest BCUT2D eigenvalue weighted by Gasteiger charge is -2.26. The summed E-state index contributed by atoms with van der Waals surface area (Å²) in [5.74, 6) is -0.105. The Kier molecular flexibility index (Phi) is 5.95. The Morgan fingerprint density at radius 2 is 2.04 bits per heavy atom. The minimum absolute atomic E-state index is 0.00417. The summed E-state index contributed by atoms with van der Waals surface area (Å²) in [6, 6.07) is 6.35. The van der Waals surface area contributed by atoms with Gasteiger partial charge in [0, 0.05) is 45.2 Å². The molecule has 2 heterocycles. The van der Waals surface area contributed by atoms with Crippen molar-refractivity contribution < 1.29 is 9.18 Å². The molecule has 2 aromatic rings. The molecule has 7 nitrogen and oxygen atoms in total. The van der Waals surface area contributed by atoms with Crippen molar-refractivity contribution in [3.8, 4) is 5.69 Å². The third-order valence-electron chi connectivity index (χ3n) is 4.36. The van der Waals surface area contributed by atoms with Crippen LogP contribution in [0.15, 0.2) is 24.3 Å². The highest BCUT2D eigenvalue weighted by molar-refractivity contribution is 5.90. The van der Waals surface area contributed by atoms with Gasteiger partial charge < -0.3 is 10.6 Å². The van der Waals surface area contributed by atoms with E-state index in [9.17, 15) is 9.18 Å². The molecule has 3 rings (SSSR count). The van der Waals surface area contributed by atoms with Crippen LogP contribution in [0.2, 0.25) is 0 Å².